The first-order valence-corrected chi connectivity index (χ1v) is 8.33. The zero-order chi connectivity index (χ0) is 17.2. The van der Waals surface area contributed by atoms with Crippen molar-refractivity contribution in [3.05, 3.63) is 77.5 Å². The number of H-pyrrole nitrogens is 1. The van der Waals surface area contributed by atoms with Gasteiger partial charge in [0.2, 0.25) is 0 Å². The predicted octanol–water partition coefficient (Wildman–Crippen LogP) is 3.92. The van der Waals surface area contributed by atoms with Crippen molar-refractivity contribution in [2.75, 3.05) is 0 Å². The average molecular weight is 350 g/mol. The predicted molar refractivity (Wildman–Crippen MR) is 99.2 cm³/mol. The molecule has 0 unspecified atom stereocenters. The Morgan fingerprint density at radius 2 is 1.80 bits per heavy atom. The molecule has 6 heteroatoms. The number of pyridine rings is 2. The molecule has 0 aliphatic heterocycles. The zero-order valence-corrected chi connectivity index (χ0v) is 14.1. The molecule has 0 fully saturated rings. The number of fused-ring (bicyclic) bond motifs is 1. The number of aromatic nitrogens is 4. The smallest absolute Gasteiger partial charge is 0.177 e. The van der Waals surface area contributed by atoms with Crippen molar-refractivity contribution in [1.82, 2.24) is 19.9 Å². The molecular weight excluding hydrogens is 334 g/mol. The highest BCUT2D eigenvalue weighted by molar-refractivity contribution is 6.30. The summed E-state index contributed by atoms with van der Waals surface area (Å²) in [5.41, 5.74) is 11.0. The van der Waals surface area contributed by atoms with Gasteiger partial charge in [-0.3, -0.25) is 4.98 Å². The highest BCUT2D eigenvalue weighted by atomic mass is 35.5. The molecule has 0 radical (unpaired) electrons. The molecule has 0 saturated heterocycles. The first-order valence-electron chi connectivity index (χ1n) is 7.95. The van der Waals surface area contributed by atoms with Gasteiger partial charge >= 0.3 is 0 Å². The minimum absolute atomic E-state index is 0.236. The molecule has 3 N–H and O–H groups in total. The van der Waals surface area contributed by atoms with Crippen LogP contribution in [0.25, 0.3) is 22.3 Å². The highest BCUT2D eigenvalue weighted by Crippen LogP contribution is 2.23. The molecule has 0 aliphatic rings. The van der Waals surface area contributed by atoms with Crippen LogP contribution in [-0.4, -0.2) is 19.9 Å². The van der Waals surface area contributed by atoms with E-state index in [1.807, 2.05) is 48.7 Å². The van der Waals surface area contributed by atoms with Gasteiger partial charge in [0.15, 0.2) is 5.65 Å². The van der Waals surface area contributed by atoms with E-state index in [-0.39, 0.29) is 6.04 Å². The Hall–Kier alpha value is -2.76. The van der Waals surface area contributed by atoms with E-state index in [2.05, 4.69) is 19.9 Å². The summed E-state index contributed by atoms with van der Waals surface area (Å²) in [4.78, 5) is 16.3. The van der Waals surface area contributed by atoms with Crippen molar-refractivity contribution in [1.29, 1.82) is 0 Å². The van der Waals surface area contributed by atoms with Gasteiger partial charge in [0.25, 0.3) is 0 Å². The lowest BCUT2D eigenvalue weighted by molar-refractivity contribution is 0.680. The number of nitrogens with one attached hydrogen (secondary N) is 1. The normalized spacial score (nSPS) is 12.4. The lowest BCUT2D eigenvalue weighted by atomic mass is 10.1. The third-order valence-electron chi connectivity index (χ3n) is 4.09. The first-order chi connectivity index (χ1) is 12.2. The maximum atomic E-state index is 6.32. The lowest BCUT2D eigenvalue weighted by Gasteiger charge is -2.08. The van der Waals surface area contributed by atoms with Crippen LogP contribution >= 0.6 is 11.6 Å². The van der Waals surface area contributed by atoms with Crippen LogP contribution in [0, 0.1) is 0 Å². The maximum Gasteiger partial charge on any atom is 0.177 e. The van der Waals surface area contributed by atoms with E-state index in [1.54, 1.807) is 12.4 Å². The SMILES string of the molecule is N[C@H](Cc1ccc(Cl)cc1)c1nc2ncc(-c3ccncc3)cc2[nH]1. The molecule has 0 saturated carbocycles. The molecule has 1 atom stereocenters. The fourth-order valence-electron chi connectivity index (χ4n) is 2.77. The van der Waals surface area contributed by atoms with Crippen LogP contribution in [0.5, 0.6) is 0 Å². The van der Waals surface area contributed by atoms with Crippen molar-refractivity contribution in [2.45, 2.75) is 12.5 Å². The number of halogens is 1. The summed E-state index contributed by atoms with van der Waals surface area (Å²) in [6.07, 6.45) is 6.01. The van der Waals surface area contributed by atoms with Gasteiger partial charge in [-0.25, -0.2) is 9.97 Å². The Bertz CT molecular complexity index is 995. The molecule has 1 aromatic carbocycles. The second-order valence-corrected chi connectivity index (χ2v) is 6.33. The number of hydrogen-bond donors (Lipinski definition) is 2. The van der Waals surface area contributed by atoms with Crippen LogP contribution in [0.3, 0.4) is 0 Å². The van der Waals surface area contributed by atoms with E-state index in [0.29, 0.717) is 17.1 Å². The number of aromatic amines is 1. The molecule has 4 aromatic rings. The Kier molecular flexibility index (Phi) is 4.17. The van der Waals surface area contributed by atoms with E-state index in [0.717, 1.165) is 28.0 Å². The molecule has 0 spiro atoms. The van der Waals surface area contributed by atoms with Crippen LogP contribution < -0.4 is 5.73 Å². The monoisotopic (exact) mass is 349 g/mol. The van der Waals surface area contributed by atoms with Gasteiger partial charge in [-0.2, -0.15) is 0 Å². The Morgan fingerprint density at radius 3 is 2.56 bits per heavy atom. The molecule has 25 heavy (non-hydrogen) atoms. The molecule has 0 amide bonds. The summed E-state index contributed by atoms with van der Waals surface area (Å²) >= 11 is 5.92. The topological polar surface area (TPSA) is 80.5 Å². The van der Waals surface area contributed by atoms with Crippen molar-refractivity contribution in [2.24, 2.45) is 5.73 Å². The van der Waals surface area contributed by atoms with Gasteiger partial charge in [0.1, 0.15) is 5.82 Å². The van der Waals surface area contributed by atoms with Gasteiger partial charge in [-0.15, -0.1) is 0 Å². The van der Waals surface area contributed by atoms with Gasteiger partial charge < -0.3 is 10.7 Å². The molecule has 3 heterocycles. The number of nitrogens with zero attached hydrogens (tertiary/aromatic N) is 3. The van der Waals surface area contributed by atoms with Crippen molar-refractivity contribution >= 4 is 22.8 Å². The number of hydrogen-bond acceptors (Lipinski definition) is 4. The molecule has 3 aromatic heterocycles. The minimum Gasteiger partial charge on any atom is -0.339 e. The van der Waals surface area contributed by atoms with Crippen molar-refractivity contribution in [3.63, 3.8) is 0 Å². The molecule has 0 aliphatic carbocycles. The van der Waals surface area contributed by atoms with E-state index in [4.69, 9.17) is 17.3 Å². The third kappa shape index (κ3) is 3.38. The maximum absolute atomic E-state index is 6.32. The second kappa shape index (κ2) is 6.63. The summed E-state index contributed by atoms with van der Waals surface area (Å²) in [5.74, 6) is 0.726. The van der Waals surface area contributed by atoms with Gasteiger partial charge in [-0.1, -0.05) is 23.7 Å². The van der Waals surface area contributed by atoms with E-state index >= 15 is 0 Å². The number of rotatable bonds is 4. The second-order valence-electron chi connectivity index (χ2n) is 5.89. The quantitative estimate of drug-likeness (QED) is 0.585. The fraction of sp³-hybridized carbons (Fsp3) is 0.105. The van der Waals surface area contributed by atoms with E-state index < -0.39 is 0 Å². The summed E-state index contributed by atoms with van der Waals surface area (Å²) in [6, 6.07) is 13.4. The number of benzene rings is 1. The van der Waals surface area contributed by atoms with Crippen LogP contribution in [0.1, 0.15) is 17.4 Å². The standard InChI is InChI=1S/C19H16ClN5/c20-15-3-1-12(2-4-15)9-16(21)18-24-17-10-14(11-23-19(17)25-18)13-5-7-22-8-6-13/h1-8,10-11,16H,9,21H2,(H,23,24,25)/t16-/m1/s1. The summed E-state index contributed by atoms with van der Waals surface area (Å²) < 4.78 is 0. The zero-order valence-electron chi connectivity index (χ0n) is 13.4. The van der Waals surface area contributed by atoms with Crippen molar-refractivity contribution in [3.8, 4) is 11.1 Å². The Labute approximate surface area is 149 Å². The fourth-order valence-corrected chi connectivity index (χ4v) is 2.89. The first kappa shape index (κ1) is 15.7. The van der Waals surface area contributed by atoms with Crippen LogP contribution in [0.4, 0.5) is 0 Å². The van der Waals surface area contributed by atoms with Crippen LogP contribution in [0.2, 0.25) is 5.02 Å². The summed E-state index contributed by atoms with van der Waals surface area (Å²) in [6.45, 7) is 0. The van der Waals surface area contributed by atoms with E-state index in [9.17, 15) is 0 Å². The third-order valence-corrected chi connectivity index (χ3v) is 4.34. The lowest BCUT2D eigenvalue weighted by Crippen LogP contribution is -2.14. The largest absolute Gasteiger partial charge is 0.339 e. The van der Waals surface area contributed by atoms with Gasteiger partial charge in [0.05, 0.1) is 11.6 Å². The number of imidazole rings is 1. The van der Waals surface area contributed by atoms with Crippen LogP contribution in [-0.2, 0) is 6.42 Å². The summed E-state index contributed by atoms with van der Waals surface area (Å²) in [5, 5.41) is 0.717. The van der Waals surface area contributed by atoms with Gasteiger partial charge in [0, 0.05) is 29.2 Å². The Balaban J connectivity index is 1.61. The summed E-state index contributed by atoms with van der Waals surface area (Å²) in [7, 11) is 0. The molecule has 4 rings (SSSR count). The number of nitrogens with two attached hydrogens (primary N) is 1. The molecule has 5 nitrogen and oxygen atoms in total. The molecule has 0 bridgehead atoms. The molecular formula is C19H16ClN5. The van der Waals surface area contributed by atoms with Crippen molar-refractivity contribution < 1.29 is 0 Å². The molecule has 124 valence electrons. The average Bonchev–Trinajstić information content (AvgIpc) is 3.08. The van der Waals surface area contributed by atoms with Crippen LogP contribution in [0.15, 0.2) is 61.1 Å². The highest BCUT2D eigenvalue weighted by Gasteiger charge is 2.13. The minimum atomic E-state index is -0.236. The Morgan fingerprint density at radius 1 is 1.04 bits per heavy atom. The van der Waals surface area contributed by atoms with E-state index in [1.165, 1.54) is 0 Å². The van der Waals surface area contributed by atoms with Gasteiger partial charge in [-0.05, 0) is 47.9 Å².